The molecule has 2 aliphatic rings. The van der Waals surface area contributed by atoms with E-state index in [4.69, 9.17) is 4.74 Å². The van der Waals surface area contributed by atoms with Crippen LogP contribution in [0.3, 0.4) is 0 Å². The lowest BCUT2D eigenvalue weighted by Gasteiger charge is -2.20. The van der Waals surface area contributed by atoms with Gasteiger partial charge in [-0.3, -0.25) is 0 Å². The Morgan fingerprint density at radius 2 is 2.06 bits per heavy atom. The van der Waals surface area contributed by atoms with E-state index < -0.39 is 0 Å². The Labute approximate surface area is 99.5 Å². The quantitative estimate of drug-likeness (QED) is 0.694. The molecule has 0 aromatic rings. The molecule has 16 heavy (non-hydrogen) atoms. The Morgan fingerprint density at radius 1 is 1.19 bits per heavy atom. The summed E-state index contributed by atoms with van der Waals surface area (Å²) in [6.45, 7) is 5.82. The largest absolute Gasteiger partial charge is 0.383 e. The Morgan fingerprint density at radius 3 is 2.81 bits per heavy atom. The van der Waals surface area contributed by atoms with Gasteiger partial charge in [0.25, 0.3) is 0 Å². The van der Waals surface area contributed by atoms with E-state index in [1.807, 2.05) is 0 Å². The highest BCUT2D eigenvalue weighted by molar-refractivity contribution is 4.80. The summed E-state index contributed by atoms with van der Waals surface area (Å²) in [4.78, 5) is 2.68. The zero-order valence-electron chi connectivity index (χ0n) is 10.6. The first-order valence-corrected chi connectivity index (χ1v) is 6.83. The summed E-state index contributed by atoms with van der Waals surface area (Å²) in [5.74, 6) is 1.04. The Hall–Kier alpha value is -0.120. The third-order valence-electron chi connectivity index (χ3n) is 3.77. The minimum atomic E-state index is 0.722. The molecule has 1 aliphatic carbocycles. The van der Waals surface area contributed by atoms with Crippen LogP contribution in [-0.2, 0) is 4.74 Å². The minimum absolute atomic E-state index is 0.722. The van der Waals surface area contributed by atoms with Crippen LogP contribution < -0.4 is 5.32 Å². The van der Waals surface area contributed by atoms with Crippen molar-refractivity contribution in [1.82, 2.24) is 10.2 Å². The Balaban J connectivity index is 1.61. The fourth-order valence-electron chi connectivity index (χ4n) is 2.57. The molecule has 1 aliphatic heterocycles. The molecule has 1 atom stereocenters. The van der Waals surface area contributed by atoms with E-state index >= 15 is 0 Å². The van der Waals surface area contributed by atoms with Gasteiger partial charge in [0.15, 0.2) is 0 Å². The highest BCUT2D eigenvalue weighted by Crippen LogP contribution is 2.30. The molecule has 2 fully saturated rings. The van der Waals surface area contributed by atoms with Gasteiger partial charge in [0, 0.05) is 26.2 Å². The number of nitrogens with one attached hydrogen (secondary N) is 1. The van der Waals surface area contributed by atoms with Crippen molar-refractivity contribution < 1.29 is 4.74 Å². The summed E-state index contributed by atoms with van der Waals surface area (Å²) in [6.07, 6.45) is 6.97. The van der Waals surface area contributed by atoms with Crippen LogP contribution in [0.2, 0.25) is 0 Å². The van der Waals surface area contributed by atoms with E-state index in [0.717, 1.165) is 25.1 Å². The molecule has 1 saturated carbocycles. The molecule has 1 heterocycles. The predicted molar refractivity (Wildman–Crippen MR) is 66.7 cm³/mol. The molecular formula is C13H26N2O. The highest BCUT2D eigenvalue weighted by atomic mass is 16.5. The number of methoxy groups -OCH3 is 1. The van der Waals surface area contributed by atoms with Gasteiger partial charge >= 0.3 is 0 Å². The minimum Gasteiger partial charge on any atom is -0.383 e. The molecule has 3 nitrogen and oxygen atoms in total. The van der Waals surface area contributed by atoms with Crippen LogP contribution in [0.25, 0.3) is 0 Å². The van der Waals surface area contributed by atoms with Crippen molar-refractivity contribution in [2.45, 2.75) is 38.1 Å². The molecule has 3 heteroatoms. The standard InChI is InChI=1S/C13H26N2O/c1-16-10-7-14-13-3-2-8-15(9-6-13)11-12-4-5-12/h12-14H,2-11H2,1H3/t13-/m1/s1. The maximum absolute atomic E-state index is 5.07. The first-order valence-electron chi connectivity index (χ1n) is 6.83. The van der Waals surface area contributed by atoms with Gasteiger partial charge in [0.2, 0.25) is 0 Å². The predicted octanol–water partition coefficient (Wildman–Crippen LogP) is 1.49. The van der Waals surface area contributed by atoms with E-state index in [1.54, 1.807) is 7.11 Å². The van der Waals surface area contributed by atoms with Gasteiger partial charge in [0.05, 0.1) is 6.61 Å². The van der Waals surface area contributed by atoms with Crippen molar-refractivity contribution in [2.75, 3.05) is 39.9 Å². The SMILES string of the molecule is COCCN[C@@H]1CCCN(CC2CC2)CC1. The van der Waals surface area contributed by atoms with Crippen molar-refractivity contribution in [1.29, 1.82) is 0 Å². The van der Waals surface area contributed by atoms with Crippen molar-refractivity contribution >= 4 is 0 Å². The van der Waals surface area contributed by atoms with Crippen LogP contribution >= 0.6 is 0 Å². The monoisotopic (exact) mass is 226 g/mol. The number of nitrogens with zero attached hydrogens (tertiary/aromatic N) is 1. The van der Waals surface area contributed by atoms with E-state index in [9.17, 15) is 0 Å². The molecule has 0 spiro atoms. The molecule has 0 aromatic carbocycles. The molecule has 94 valence electrons. The number of likely N-dealkylation sites (tertiary alicyclic amines) is 1. The summed E-state index contributed by atoms with van der Waals surface area (Å²) < 4.78 is 5.07. The zero-order valence-corrected chi connectivity index (χ0v) is 10.6. The summed E-state index contributed by atoms with van der Waals surface area (Å²) in [5.41, 5.74) is 0. The van der Waals surface area contributed by atoms with Gasteiger partial charge in [-0.1, -0.05) is 0 Å². The first kappa shape index (κ1) is 12.3. The van der Waals surface area contributed by atoms with Crippen molar-refractivity contribution in [3.8, 4) is 0 Å². The summed E-state index contributed by atoms with van der Waals surface area (Å²) in [5, 5.41) is 3.60. The highest BCUT2D eigenvalue weighted by Gasteiger charge is 2.25. The van der Waals surface area contributed by atoms with Crippen molar-refractivity contribution in [3.63, 3.8) is 0 Å². The normalized spacial score (nSPS) is 27.9. The van der Waals surface area contributed by atoms with E-state index in [0.29, 0.717) is 0 Å². The molecular weight excluding hydrogens is 200 g/mol. The Bertz CT molecular complexity index is 194. The molecule has 0 bridgehead atoms. The number of hydrogen-bond acceptors (Lipinski definition) is 3. The molecule has 0 aromatic heterocycles. The van der Waals surface area contributed by atoms with Crippen molar-refractivity contribution in [3.05, 3.63) is 0 Å². The van der Waals surface area contributed by atoms with E-state index in [2.05, 4.69) is 10.2 Å². The van der Waals surface area contributed by atoms with Gasteiger partial charge in [-0.05, 0) is 51.1 Å². The van der Waals surface area contributed by atoms with Gasteiger partial charge in [-0.25, -0.2) is 0 Å². The maximum Gasteiger partial charge on any atom is 0.0587 e. The van der Waals surface area contributed by atoms with Crippen LogP contribution in [0, 0.1) is 5.92 Å². The van der Waals surface area contributed by atoms with Crippen LogP contribution in [0.4, 0.5) is 0 Å². The van der Waals surface area contributed by atoms with Gasteiger partial charge in [0.1, 0.15) is 0 Å². The molecule has 0 amide bonds. The second-order valence-electron chi connectivity index (χ2n) is 5.32. The average Bonchev–Trinajstić information content (AvgIpc) is 3.09. The molecule has 1 saturated heterocycles. The molecule has 1 N–H and O–H groups in total. The summed E-state index contributed by atoms with van der Waals surface area (Å²) in [7, 11) is 1.77. The topological polar surface area (TPSA) is 24.5 Å². The number of ether oxygens (including phenoxy) is 1. The zero-order chi connectivity index (χ0) is 11.2. The fourth-order valence-corrected chi connectivity index (χ4v) is 2.57. The van der Waals surface area contributed by atoms with Crippen molar-refractivity contribution in [2.24, 2.45) is 5.92 Å². The second kappa shape index (κ2) is 6.58. The van der Waals surface area contributed by atoms with Gasteiger partial charge in [-0.15, -0.1) is 0 Å². The lowest BCUT2D eigenvalue weighted by Crippen LogP contribution is -2.33. The molecule has 2 rings (SSSR count). The van der Waals surface area contributed by atoms with Gasteiger partial charge < -0.3 is 15.0 Å². The first-order chi connectivity index (χ1) is 7.88. The molecule has 0 unspecified atom stereocenters. The smallest absolute Gasteiger partial charge is 0.0587 e. The van der Waals surface area contributed by atoms with E-state index in [-0.39, 0.29) is 0 Å². The van der Waals surface area contributed by atoms with Crippen LogP contribution in [-0.4, -0.2) is 50.8 Å². The lowest BCUT2D eigenvalue weighted by atomic mass is 10.1. The third-order valence-corrected chi connectivity index (χ3v) is 3.77. The fraction of sp³-hybridized carbons (Fsp3) is 1.00. The maximum atomic E-state index is 5.07. The second-order valence-corrected chi connectivity index (χ2v) is 5.32. The number of hydrogen-bond donors (Lipinski definition) is 1. The van der Waals surface area contributed by atoms with Crippen LogP contribution in [0.5, 0.6) is 0 Å². The summed E-state index contributed by atoms with van der Waals surface area (Å²) in [6, 6.07) is 0.722. The number of rotatable bonds is 6. The van der Waals surface area contributed by atoms with Crippen LogP contribution in [0.15, 0.2) is 0 Å². The summed E-state index contributed by atoms with van der Waals surface area (Å²) >= 11 is 0. The van der Waals surface area contributed by atoms with E-state index in [1.165, 1.54) is 51.7 Å². The van der Waals surface area contributed by atoms with Gasteiger partial charge in [-0.2, -0.15) is 0 Å². The van der Waals surface area contributed by atoms with Crippen LogP contribution in [0.1, 0.15) is 32.1 Å². The lowest BCUT2D eigenvalue weighted by molar-refractivity contribution is 0.194. The average molecular weight is 226 g/mol. The third kappa shape index (κ3) is 4.40. The Kier molecular flexibility index (Phi) is 5.07. The molecule has 0 radical (unpaired) electrons.